The van der Waals surface area contributed by atoms with Crippen LogP contribution >= 0.6 is 23.4 Å². The Morgan fingerprint density at radius 1 is 1.08 bits per heavy atom. The number of nitriles is 1. The van der Waals surface area contributed by atoms with Crippen LogP contribution in [0.3, 0.4) is 0 Å². The molecule has 0 unspecified atom stereocenters. The van der Waals surface area contributed by atoms with Gasteiger partial charge in [-0.2, -0.15) is 5.26 Å². The molecule has 36 heavy (non-hydrogen) atoms. The number of halogens is 1. The number of rotatable bonds is 9. The number of ether oxygens (including phenoxy) is 2. The average Bonchev–Trinajstić information content (AvgIpc) is 2.89. The van der Waals surface area contributed by atoms with Crippen LogP contribution in [0, 0.1) is 18.3 Å². The number of hydrogen-bond donors (Lipinski definition) is 1. The predicted octanol–water partition coefficient (Wildman–Crippen LogP) is 5.12. The van der Waals surface area contributed by atoms with E-state index in [1.54, 1.807) is 36.8 Å². The largest absolute Gasteiger partial charge is 0.467 e. The number of H-pyrrole nitrogens is 1. The molecule has 2 heterocycles. The molecule has 0 aliphatic rings. The summed E-state index contributed by atoms with van der Waals surface area (Å²) in [6.45, 7) is 1.90. The predicted molar refractivity (Wildman–Crippen MR) is 138 cm³/mol. The first-order valence-electron chi connectivity index (χ1n) is 11.0. The summed E-state index contributed by atoms with van der Waals surface area (Å²) < 4.78 is 10.8. The molecule has 182 valence electrons. The van der Waals surface area contributed by atoms with Gasteiger partial charge in [0.15, 0.2) is 5.16 Å². The van der Waals surface area contributed by atoms with E-state index in [4.69, 9.17) is 21.1 Å². The number of benzene rings is 2. The van der Waals surface area contributed by atoms with Gasteiger partial charge in [-0.05, 0) is 60.4 Å². The monoisotopic (exact) mass is 519 g/mol. The van der Waals surface area contributed by atoms with Gasteiger partial charge in [0.1, 0.15) is 17.6 Å². The van der Waals surface area contributed by atoms with Crippen LogP contribution < -0.4 is 15.0 Å². The van der Waals surface area contributed by atoms with Crippen LogP contribution in [0.2, 0.25) is 5.02 Å². The SMILES string of the molecule is COc1ncc(Cc2cnc(SCCc3ccc(Oc4ccc(Cl)c(C)c4)c(C#N)c3)[nH]c2=O)cn1. The second-order valence-electron chi connectivity index (χ2n) is 7.85. The van der Waals surface area contributed by atoms with Gasteiger partial charge in [-0.15, -0.1) is 0 Å². The Morgan fingerprint density at radius 2 is 1.89 bits per heavy atom. The van der Waals surface area contributed by atoms with Gasteiger partial charge in [-0.3, -0.25) is 4.79 Å². The van der Waals surface area contributed by atoms with Crippen LogP contribution in [0.5, 0.6) is 17.5 Å². The average molecular weight is 520 g/mol. The lowest BCUT2D eigenvalue weighted by Gasteiger charge is -2.10. The lowest BCUT2D eigenvalue weighted by atomic mass is 10.1. The minimum absolute atomic E-state index is 0.200. The summed E-state index contributed by atoms with van der Waals surface area (Å²) >= 11 is 7.51. The van der Waals surface area contributed by atoms with Crippen LogP contribution in [-0.4, -0.2) is 32.8 Å². The Balaban J connectivity index is 1.35. The third-order valence-electron chi connectivity index (χ3n) is 5.26. The molecule has 8 nitrogen and oxygen atoms in total. The Labute approximate surface area is 217 Å². The summed E-state index contributed by atoms with van der Waals surface area (Å²) in [7, 11) is 1.50. The molecule has 1 N–H and O–H groups in total. The van der Waals surface area contributed by atoms with Crippen molar-refractivity contribution < 1.29 is 9.47 Å². The molecule has 4 aromatic rings. The molecule has 0 fully saturated rings. The van der Waals surface area contributed by atoms with Gasteiger partial charge in [-0.25, -0.2) is 15.0 Å². The fourth-order valence-electron chi connectivity index (χ4n) is 3.35. The zero-order valence-electron chi connectivity index (χ0n) is 19.6. The van der Waals surface area contributed by atoms with E-state index in [0.29, 0.717) is 51.4 Å². The quantitative estimate of drug-likeness (QED) is 0.239. The minimum Gasteiger partial charge on any atom is -0.467 e. The first-order chi connectivity index (χ1) is 17.4. The molecule has 0 aliphatic heterocycles. The number of aromatic nitrogens is 4. The number of aryl methyl sites for hydroxylation is 2. The van der Waals surface area contributed by atoms with E-state index < -0.39 is 0 Å². The van der Waals surface area contributed by atoms with Crippen molar-refractivity contribution in [2.75, 3.05) is 12.9 Å². The van der Waals surface area contributed by atoms with Crippen LogP contribution in [0.4, 0.5) is 0 Å². The second kappa shape index (κ2) is 11.7. The van der Waals surface area contributed by atoms with Gasteiger partial charge < -0.3 is 14.5 Å². The van der Waals surface area contributed by atoms with Gasteiger partial charge in [0.2, 0.25) is 0 Å². The third kappa shape index (κ3) is 6.42. The van der Waals surface area contributed by atoms with Crippen molar-refractivity contribution in [3.8, 4) is 23.6 Å². The molecule has 4 rings (SSSR count). The number of thioether (sulfide) groups is 1. The molecule has 0 atom stereocenters. The summed E-state index contributed by atoms with van der Waals surface area (Å²) in [6.07, 6.45) is 5.88. The highest BCUT2D eigenvalue weighted by atomic mass is 35.5. The molecular formula is C26H22ClN5O3S. The fraction of sp³-hybridized carbons (Fsp3) is 0.192. The van der Waals surface area contributed by atoms with Crippen molar-refractivity contribution in [3.63, 3.8) is 0 Å². The van der Waals surface area contributed by atoms with Crippen LogP contribution in [0.15, 0.2) is 64.9 Å². The molecule has 0 radical (unpaired) electrons. The highest BCUT2D eigenvalue weighted by Crippen LogP contribution is 2.29. The van der Waals surface area contributed by atoms with Crippen LogP contribution in [0.25, 0.3) is 0 Å². The molecule has 0 bridgehead atoms. The number of hydrogen-bond acceptors (Lipinski definition) is 8. The maximum atomic E-state index is 12.5. The van der Waals surface area contributed by atoms with E-state index in [-0.39, 0.29) is 11.6 Å². The fourth-order valence-corrected chi connectivity index (χ4v) is 4.29. The summed E-state index contributed by atoms with van der Waals surface area (Å²) in [5, 5.41) is 10.8. The van der Waals surface area contributed by atoms with Crippen molar-refractivity contribution >= 4 is 23.4 Å². The van der Waals surface area contributed by atoms with Gasteiger partial charge in [0, 0.05) is 41.4 Å². The summed E-state index contributed by atoms with van der Waals surface area (Å²) in [5.41, 5.74) is 3.44. The molecule has 2 aromatic carbocycles. The van der Waals surface area contributed by atoms with Crippen molar-refractivity contribution in [2.45, 2.75) is 24.9 Å². The number of nitrogens with one attached hydrogen (secondary N) is 1. The van der Waals surface area contributed by atoms with Crippen LogP contribution in [-0.2, 0) is 12.8 Å². The zero-order chi connectivity index (χ0) is 25.5. The Morgan fingerprint density at radius 3 is 2.58 bits per heavy atom. The molecule has 0 spiro atoms. The Kier molecular flexibility index (Phi) is 8.21. The van der Waals surface area contributed by atoms with Gasteiger partial charge in [-0.1, -0.05) is 29.4 Å². The molecule has 2 aromatic heterocycles. The Hall–Kier alpha value is -3.87. The third-order valence-corrected chi connectivity index (χ3v) is 6.57. The van der Waals surface area contributed by atoms with E-state index in [1.807, 2.05) is 25.1 Å². The lowest BCUT2D eigenvalue weighted by Crippen LogP contribution is -2.15. The van der Waals surface area contributed by atoms with Crippen molar-refractivity contribution in [1.29, 1.82) is 5.26 Å². The van der Waals surface area contributed by atoms with E-state index >= 15 is 0 Å². The molecule has 10 heteroatoms. The number of aromatic amines is 1. The Bertz CT molecular complexity index is 1470. The smallest absolute Gasteiger partial charge is 0.316 e. The molecule has 0 aliphatic carbocycles. The zero-order valence-corrected chi connectivity index (χ0v) is 21.2. The standard InChI is InChI=1S/C26H22ClN5O3S/c1-16-9-21(4-5-22(16)27)35-23-6-3-17(10-19(23)12-28)7-8-36-26-31-15-20(24(33)32-26)11-18-13-29-25(34-2)30-14-18/h3-6,9-10,13-15H,7-8,11H2,1-2H3,(H,31,32,33). The molecule has 0 amide bonds. The van der Waals surface area contributed by atoms with E-state index in [1.165, 1.54) is 18.9 Å². The normalized spacial score (nSPS) is 10.6. The maximum absolute atomic E-state index is 12.5. The topological polar surface area (TPSA) is 114 Å². The molecular weight excluding hydrogens is 498 g/mol. The second-order valence-corrected chi connectivity index (χ2v) is 9.34. The number of nitrogens with zero attached hydrogens (tertiary/aromatic N) is 4. The van der Waals surface area contributed by atoms with E-state index in [0.717, 1.165) is 16.7 Å². The molecule has 0 saturated carbocycles. The number of methoxy groups -OCH3 is 1. The first-order valence-corrected chi connectivity index (χ1v) is 12.3. The molecule has 0 saturated heterocycles. The van der Waals surface area contributed by atoms with Crippen molar-refractivity contribution in [1.82, 2.24) is 19.9 Å². The van der Waals surface area contributed by atoms with Gasteiger partial charge >= 0.3 is 6.01 Å². The highest BCUT2D eigenvalue weighted by Gasteiger charge is 2.09. The summed E-state index contributed by atoms with van der Waals surface area (Å²) in [6, 6.07) is 13.4. The van der Waals surface area contributed by atoms with Crippen LogP contribution in [0.1, 0.15) is 27.8 Å². The van der Waals surface area contributed by atoms with Gasteiger partial charge in [0.05, 0.1) is 12.7 Å². The first kappa shape index (κ1) is 25.2. The minimum atomic E-state index is -0.200. The van der Waals surface area contributed by atoms with Gasteiger partial charge in [0.25, 0.3) is 5.56 Å². The van der Waals surface area contributed by atoms with E-state index in [9.17, 15) is 10.1 Å². The summed E-state index contributed by atoms with van der Waals surface area (Å²) in [5.74, 6) is 1.78. The van der Waals surface area contributed by atoms with E-state index in [2.05, 4.69) is 26.0 Å². The highest BCUT2D eigenvalue weighted by molar-refractivity contribution is 7.99. The van der Waals surface area contributed by atoms with Crippen molar-refractivity contribution in [3.05, 3.63) is 98.2 Å². The lowest BCUT2D eigenvalue weighted by molar-refractivity contribution is 0.379. The van der Waals surface area contributed by atoms with Crippen molar-refractivity contribution in [2.24, 2.45) is 0 Å². The maximum Gasteiger partial charge on any atom is 0.316 e. The summed E-state index contributed by atoms with van der Waals surface area (Å²) in [4.78, 5) is 27.8.